The molecule has 0 atom stereocenters. The van der Waals surface area contributed by atoms with Crippen molar-refractivity contribution in [3.05, 3.63) is 30.7 Å². The Morgan fingerprint density at radius 2 is 2.07 bits per heavy atom. The highest BCUT2D eigenvalue weighted by Gasteiger charge is 2.39. The highest BCUT2D eigenvalue weighted by molar-refractivity contribution is 5.93. The minimum atomic E-state index is -0.473. The standard InChI is InChI=1S/C20H24N6O3/c1-20(12-28-13-20)29-19(27)26-7-5-25(6-8-26)17-3-4-21-18-15(17)9-16(23-18)14-10-22-24(2)11-14/h3-4,9-11H,5-8,12-13H2,1-2H3,(H,21,23). The van der Waals surface area contributed by atoms with Crippen molar-refractivity contribution in [1.29, 1.82) is 0 Å². The van der Waals surface area contributed by atoms with Crippen LogP contribution in [0.25, 0.3) is 22.3 Å². The van der Waals surface area contributed by atoms with Crippen molar-refractivity contribution in [3.63, 3.8) is 0 Å². The third-order valence-corrected chi connectivity index (χ3v) is 5.55. The van der Waals surface area contributed by atoms with Crippen molar-refractivity contribution in [2.75, 3.05) is 44.3 Å². The number of nitrogens with zero attached hydrogens (tertiary/aromatic N) is 5. The van der Waals surface area contributed by atoms with Crippen LogP contribution in [0.4, 0.5) is 10.5 Å². The molecular weight excluding hydrogens is 372 g/mol. The van der Waals surface area contributed by atoms with Crippen molar-refractivity contribution in [2.24, 2.45) is 7.05 Å². The molecule has 2 aliphatic rings. The molecule has 0 aliphatic carbocycles. The number of aryl methyl sites for hydroxylation is 1. The van der Waals surface area contributed by atoms with Gasteiger partial charge in [0.2, 0.25) is 0 Å². The molecule has 1 N–H and O–H groups in total. The second kappa shape index (κ2) is 6.77. The van der Waals surface area contributed by atoms with E-state index in [-0.39, 0.29) is 6.09 Å². The van der Waals surface area contributed by atoms with E-state index in [1.165, 1.54) is 0 Å². The number of fused-ring (bicyclic) bond motifs is 1. The fraction of sp³-hybridized carbons (Fsp3) is 0.450. The van der Waals surface area contributed by atoms with Crippen molar-refractivity contribution in [2.45, 2.75) is 12.5 Å². The minimum Gasteiger partial charge on any atom is -0.438 e. The van der Waals surface area contributed by atoms with E-state index in [0.717, 1.165) is 41.1 Å². The van der Waals surface area contributed by atoms with Crippen LogP contribution in [0, 0.1) is 0 Å². The molecule has 152 valence electrons. The number of ether oxygens (including phenoxy) is 2. The average Bonchev–Trinajstić information content (AvgIpc) is 3.32. The van der Waals surface area contributed by atoms with Gasteiger partial charge in [-0.3, -0.25) is 4.68 Å². The van der Waals surface area contributed by atoms with Crippen LogP contribution in [0.1, 0.15) is 6.92 Å². The predicted molar refractivity (Wildman–Crippen MR) is 108 cm³/mol. The maximum Gasteiger partial charge on any atom is 0.410 e. The summed E-state index contributed by atoms with van der Waals surface area (Å²) in [6.45, 7) is 5.59. The van der Waals surface area contributed by atoms with Gasteiger partial charge >= 0.3 is 6.09 Å². The van der Waals surface area contributed by atoms with Gasteiger partial charge in [0, 0.05) is 62.3 Å². The Hall–Kier alpha value is -3.07. The number of hydrogen-bond donors (Lipinski definition) is 1. The number of rotatable bonds is 3. The third kappa shape index (κ3) is 3.31. The molecule has 9 nitrogen and oxygen atoms in total. The summed E-state index contributed by atoms with van der Waals surface area (Å²) in [6, 6.07) is 4.15. The Labute approximate surface area is 168 Å². The SMILES string of the molecule is Cn1cc(-c2cc3c(N4CCN(C(=O)OC5(C)COC5)CC4)ccnc3[nH]2)cn1. The quantitative estimate of drug-likeness (QED) is 0.729. The van der Waals surface area contributed by atoms with Crippen LogP contribution in [0.2, 0.25) is 0 Å². The Morgan fingerprint density at radius 3 is 2.72 bits per heavy atom. The lowest BCUT2D eigenvalue weighted by atomic mass is 10.1. The topological polar surface area (TPSA) is 88.5 Å². The summed E-state index contributed by atoms with van der Waals surface area (Å²) in [5.74, 6) is 0. The number of H-pyrrole nitrogens is 1. The maximum absolute atomic E-state index is 12.4. The normalized spacial score (nSPS) is 18.7. The second-order valence-electron chi connectivity index (χ2n) is 7.96. The molecule has 3 aromatic heterocycles. The minimum absolute atomic E-state index is 0.254. The Kier molecular flexibility index (Phi) is 4.20. The smallest absolute Gasteiger partial charge is 0.410 e. The van der Waals surface area contributed by atoms with E-state index in [9.17, 15) is 4.79 Å². The zero-order chi connectivity index (χ0) is 20.0. The lowest BCUT2D eigenvalue weighted by Gasteiger charge is -2.41. The largest absolute Gasteiger partial charge is 0.438 e. The molecule has 2 saturated heterocycles. The highest BCUT2D eigenvalue weighted by atomic mass is 16.6. The summed E-state index contributed by atoms with van der Waals surface area (Å²) in [7, 11) is 1.90. The van der Waals surface area contributed by atoms with Gasteiger partial charge in [0.25, 0.3) is 0 Å². The average molecular weight is 396 g/mol. The van der Waals surface area contributed by atoms with Gasteiger partial charge in [-0.05, 0) is 19.1 Å². The van der Waals surface area contributed by atoms with Crippen molar-refractivity contribution >= 4 is 22.8 Å². The molecule has 0 spiro atoms. The zero-order valence-electron chi connectivity index (χ0n) is 16.6. The van der Waals surface area contributed by atoms with Gasteiger partial charge in [-0.25, -0.2) is 9.78 Å². The van der Waals surface area contributed by atoms with Crippen LogP contribution in [0.5, 0.6) is 0 Å². The fourth-order valence-corrected chi connectivity index (χ4v) is 3.86. The van der Waals surface area contributed by atoms with Crippen molar-refractivity contribution in [1.82, 2.24) is 24.6 Å². The van der Waals surface area contributed by atoms with E-state index in [1.807, 2.05) is 38.6 Å². The molecule has 0 bridgehead atoms. The van der Waals surface area contributed by atoms with Gasteiger partial charge in [0.1, 0.15) is 5.65 Å². The first kappa shape index (κ1) is 18.0. The van der Waals surface area contributed by atoms with Gasteiger partial charge in [-0.2, -0.15) is 5.10 Å². The first-order valence-corrected chi connectivity index (χ1v) is 9.78. The van der Waals surface area contributed by atoms with Crippen LogP contribution in [0.3, 0.4) is 0 Å². The molecule has 0 radical (unpaired) electrons. The van der Waals surface area contributed by atoms with E-state index in [1.54, 1.807) is 9.58 Å². The van der Waals surface area contributed by atoms with Gasteiger partial charge in [-0.1, -0.05) is 0 Å². The molecule has 0 unspecified atom stereocenters. The first-order valence-electron chi connectivity index (χ1n) is 9.78. The molecule has 3 aromatic rings. The summed E-state index contributed by atoms with van der Waals surface area (Å²) < 4.78 is 12.5. The Balaban J connectivity index is 1.31. The van der Waals surface area contributed by atoms with Gasteiger partial charge in [0.15, 0.2) is 5.60 Å². The van der Waals surface area contributed by atoms with E-state index < -0.39 is 5.60 Å². The number of amides is 1. The molecule has 1 amide bonds. The van der Waals surface area contributed by atoms with Crippen molar-refractivity contribution in [3.8, 4) is 11.3 Å². The van der Waals surface area contributed by atoms with E-state index >= 15 is 0 Å². The third-order valence-electron chi connectivity index (χ3n) is 5.55. The Morgan fingerprint density at radius 1 is 1.28 bits per heavy atom. The molecule has 0 saturated carbocycles. The molecule has 5 rings (SSSR count). The number of hydrogen-bond acceptors (Lipinski definition) is 6. The number of carbonyl (C=O) groups excluding carboxylic acids is 1. The lowest BCUT2D eigenvalue weighted by molar-refractivity contribution is -0.171. The summed E-state index contributed by atoms with van der Waals surface area (Å²) >= 11 is 0. The monoisotopic (exact) mass is 396 g/mol. The second-order valence-corrected chi connectivity index (χ2v) is 7.96. The number of piperazine rings is 1. The van der Waals surface area contributed by atoms with E-state index in [4.69, 9.17) is 9.47 Å². The molecule has 9 heteroatoms. The van der Waals surface area contributed by atoms with Crippen LogP contribution in [-0.2, 0) is 16.5 Å². The molecule has 2 fully saturated rings. The molecule has 5 heterocycles. The molecule has 0 aromatic carbocycles. The summed E-state index contributed by atoms with van der Waals surface area (Å²) in [4.78, 5) is 24.4. The van der Waals surface area contributed by atoms with Crippen LogP contribution in [-0.4, -0.2) is 75.7 Å². The first-order chi connectivity index (χ1) is 14.0. The van der Waals surface area contributed by atoms with E-state index in [0.29, 0.717) is 26.3 Å². The van der Waals surface area contributed by atoms with Crippen molar-refractivity contribution < 1.29 is 14.3 Å². The predicted octanol–water partition coefficient (Wildman–Crippen LogP) is 2.01. The number of pyridine rings is 1. The fourth-order valence-electron chi connectivity index (χ4n) is 3.86. The maximum atomic E-state index is 12.4. The summed E-state index contributed by atoms with van der Waals surface area (Å²) in [5, 5.41) is 5.32. The number of nitrogens with one attached hydrogen (secondary N) is 1. The number of carbonyl (C=O) groups is 1. The van der Waals surface area contributed by atoms with Crippen LogP contribution < -0.4 is 4.90 Å². The van der Waals surface area contributed by atoms with Gasteiger partial charge in [-0.15, -0.1) is 0 Å². The number of aromatic nitrogens is 4. The summed E-state index contributed by atoms with van der Waals surface area (Å²) in [5.41, 5.74) is 3.51. The lowest BCUT2D eigenvalue weighted by Crippen LogP contribution is -2.55. The molecule has 2 aliphatic heterocycles. The molecular formula is C20H24N6O3. The van der Waals surface area contributed by atoms with Gasteiger partial charge < -0.3 is 24.3 Å². The highest BCUT2D eigenvalue weighted by Crippen LogP contribution is 2.31. The van der Waals surface area contributed by atoms with E-state index in [2.05, 4.69) is 26.0 Å². The number of aromatic amines is 1. The van der Waals surface area contributed by atoms with Gasteiger partial charge in [0.05, 0.1) is 25.1 Å². The Bertz CT molecular complexity index is 1050. The molecule has 29 heavy (non-hydrogen) atoms. The number of anilines is 1. The zero-order valence-corrected chi connectivity index (χ0v) is 16.6. The summed E-state index contributed by atoms with van der Waals surface area (Å²) in [6.07, 6.45) is 5.38. The van der Waals surface area contributed by atoms with Crippen LogP contribution >= 0.6 is 0 Å². The van der Waals surface area contributed by atoms with Crippen LogP contribution in [0.15, 0.2) is 30.7 Å².